The number of ether oxygens (including phenoxy) is 1. The minimum atomic E-state index is -0.577. The third-order valence-corrected chi connectivity index (χ3v) is 11.1. The average molecular weight is 617 g/mol. The molecule has 7 nitrogen and oxygen atoms in total. The molecule has 42 heavy (non-hydrogen) atoms. The molecule has 0 bridgehead atoms. The molecular weight excluding hydrogens is 585 g/mol. The summed E-state index contributed by atoms with van der Waals surface area (Å²) in [4.78, 5) is 35.0. The number of carbonyl (C=O) groups is 1. The van der Waals surface area contributed by atoms with Crippen molar-refractivity contribution in [2.24, 2.45) is 4.99 Å². The molecule has 0 radical (unpaired) electrons. The molecule has 0 saturated carbocycles. The molecule has 216 valence electrons. The number of esters is 1. The molecule has 5 heterocycles. The molecule has 0 fully saturated rings. The Balaban J connectivity index is 1.52. The van der Waals surface area contributed by atoms with E-state index >= 15 is 0 Å². The second-order valence-electron chi connectivity index (χ2n) is 10.6. The van der Waals surface area contributed by atoms with Crippen LogP contribution < -0.4 is 14.9 Å². The Morgan fingerprint density at radius 1 is 1.24 bits per heavy atom. The van der Waals surface area contributed by atoms with Gasteiger partial charge in [-0.3, -0.25) is 9.36 Å². The van der Waals surface area contributed by atoms with Crippen LogP contribution >= 0.6 is 34.0 Å². The van der Waals surface area contributed by atoms with Gasteiger partial charge in [0.2, 0.25) is 0 Å². The maximum Gasteiger partial charge on any atom is 0.338 e. The van der Waals surface area contributed by atoms with Crippen LogP contribution in [0.2, 0.25) is 0 Å². The molecule has 1 aliphatic heterocycles. The van der Waals surface area contributed by atoms with Gasteiger partial charge in [-0.05, 0) is 87.6 Å². The number of thiophene rings is 2. The van der Waals surface area contributed by atoms with Crippen LogP contribution in [-0.2, 0) is 22.4 Å². The van der Waals surface area contributed by atoms with E-state index in [1.54, 1.807) is 22.8 Å². The van der Waals surface area contributed by atoms with Gasteiger partial charge in [0, 0.05) is 21.1 Å². The molecule has 10 heteroatoms. The zero-order chi connectivity index (χ0) is 29.5. The van der Waals surface area contributed by atoms with E-state index in [2.05, 4.69) is 23.6 Å². The van der Waals surface area contributed by atoms with Crippen molar-refractivity contribution < 1.29 is 9.53 Å². The van der Waals surface area contributed by atoms with Crippen LogP contribution in [0.4, 0.5) is 0 Å². The van der Waals surface area contributed by atoms with Crippen molar-refractivity contribution in [3.63, 3.8) is 0 Å². The van der Waals surface area contributed by atoms with Crippen LogP contribution in [-0.4, -0.2) is 21.7 Å². The molecule has 4 aromatic heterocycles. The van der Waals surface area contributed by atoms with Crippen molar-refractivity contribution in [1.82, 2.24) is 9.13 Å². The fourth-order valence-electron chi connectivity index (χ4n) is 6.05. The third kappa shape index (κ3) is 4.74. The molecule has 0 aromatic carbocycles. The zero-order valence-corrected chi connectivity index (χ0v) is 26.6. The van der Waals surface area contributed by atoms with Gasteiger partial charge < -0.3 is 9.30 Å². The van der Waals surface area contributed by atoms with Crippen molar-refractivity contribution >= 4 is 46.1 Å². The fourth-order valence-corrected chi connectivity index (χ4v) is 9.33. The summed E-state index contributed by atoms with van der Waals surface area (Å²) >= 11 is 4.59. The molecular formula is C32H32N4O3S3. The lowest BCUT2D eigenvalue weighted by atomic mass is 9.96. The number of carbonyl (C=O) groups excluding carboxylic acids is 1. The first kappa shape index (κ1) is 28.6. The highest BCUT2D eigenvalue weighted by atomic mass is 32.1. The monoisotopic (exact) mass is 616 g/mol. The minimum absolute atomic E-state index is 0.177. The van der Waals surface area contributed by atoms with E-state index in [0.717, 1.165) is 64.5 Å². The third-order valence-electron chi connectivity index (χ3n) is 7.93. The number of rotatable bonds is 7. The Morgan fingerprint density at radius 2 is 2.05 bits per heavy atom. The minimum Gasteiger partial charge on any atom is -0.463 e. The van der Waals surface area contributed by atoms with Crippen LogP contribution in [0.1, 0.15) is 83.4 Å². The predicted molar refractivity (Wildman–Crippen MR) is 168 cm³/mol. The van der Waals surface area contributed by atoms with Crippen molar-refractivity contribution in [3.05, 3.63) is 92.4 Å². The summed E-state index contributed by atoms with van der Waals surface area (Å²) in [5.74, 6) is -0.423. The zero-order valence-electron chi connectivity index (χ0n) is 24.2. The second-order valence-corrected chi connectivity index (χ2v) is 13.7. The van der Waals surface area contributed by atoms with E-state index in [0.29, 0.717) is 27.0 Å². The molecule has 6 rings (SSSR count). The van der Waals surface area contributed by atoms with Gasteiger partial charge in [-0.25, -0.2) is 9.79 Å². The first-order valence-electron chi connectivity index (χ1n) is 14.4. The van der Waals surface area contributed by atoms with Gasteiger partial charge in [-0.2, -0.15) is 5.26 Å². The number of fused-ring (bicyclic) bond motifs is 2. The van der Waals surface area contributed by atoms with Crippen molar-refractivity contribution in [2.75, 3.05) is 6.61 Å². The quantitative estimate of drug-likeness (QED) is 0.243. The largest absolute Gasteiger partial charge is 0.463 e. The van der Waals surface area contributed by atoms with E-state index in [1.165, 1.54) is 33.1 Å². The van der Waals surface area contributed by atoms with Gasteiger partial charge in [-0.15, -0.1) is 22.7 Å². The SMILES string of the molecule is CCCC1=C(C(=O)OCC)[C@H](c2cccs2)n2c(s/c(=C/c3cc(C)n(-c4sc5c(c4C#N)CCCC5)c3C)c2=O)=N1. The molecule has 0 spiro atoms. The standard InChI is InChI=1S/C32H32N4O3S3/c1-5-10-23-27(31(38)39-6-2)28(25-13-9-14-40-25)36-29(37)26(42-32(36)34-23)16-20-15-18(3)35(19(20)4)30-22(17-33)21-11-7-8-12-24(21)41-30/h9,13-16,28H,5-8,10-12H2,1-4H3/b26-16+/t28-/m0/s1. The number of nitriles is 1. The van der Waals surface area contributed by atoms with Gasteiger partial charge >= 0.3 is 5.97 Å². The average Bonchev–Trinajstić information content (AvgIpc) is 3.75. The van der Waals surface area contributed by atoms with Crippen LogP contribution in [0.3, 0.4) is 0 Å². The van der Waals surface area contributed by atoms with Gasteiger partial charge in [0.1, 0.15) is 17.1 Å². The highest BCUT2D eigenvalue weighted by Crippen LogP contribution is 2.38. The molecule has 1 atom stereocenters. The van der Waals surface area contributed by atoms with Crippen molar-refractivity contribution in [2.45, 2.75) is 72.3 Å². The summed E-state index contributed by atoms with van der Waals surface area (Å²) in [6.45, 7) is 8.18. The Morgan fingerprint density at radius 3 is 2.76 bits per heavy atom. The first-order chi connectivity index (χ1) is 20.4. The number of aryl methyl sites for hydroxylation is 2. The Hall–Kier alpha value is -3.52. The number of allylic oxidation sites excluding steroid dienone is 1. The highest BCUT2D eigenvalue weighted by Gasteiger charge is 2.35. The Bertz CT molecular complexity index is 1940. The van der Waals surface area contributed by atoms with E-state index < -0.39 is 12.0 Å². The normalized spacial score (nSPS) is 16.6. The summed E-state index contributed by atoms with van der Waals surface area (Å²) < 4.78 is 9.85. The number of nitrogens with zero attached hydrogens (tertiary/aromatic N) is 4. The summed E-state index contributed by atoms with van der Waals surface area (Å²) in [7, 11) is 0. The van der Waals surface area contributed by atoms with Gasteiger partial charge in [0.05, 0.1) is 28.0 Å². The lowest BCUT2D eigenvalue weighted by Gasteiger charge is -2.24. The molecule has 0 unspecified atom stereocenters. The lowest BCUT2D eigenvalue weighted by molar-refractivity contribution is -0.139. The Kier molecular flexibility index (Phi) is 7.92. The second kappa shape index (κ2) is 11.6. The molecule has 0 N–H and O–H groups in total. The summed E-state index contributed by atoms with van der Waals surface area (Å²) in [6.07, 6.45) is 7.64. The van der Waals surface area contributed by atoms with E-state index in [1.807, 2.05) is 37.4 Å². The first-order valence-corrected chi connectivity index (χ1v) is 16.9. The van der Waals surface area contributed by atoms with E-state index in [9.17, 15) is 14.9 Å². The smallest absolute Gasteiger partial charge is 0.338 e. The number of thiazole rings is 1. The van der Waals surface area contributed by atoms with Crippen molar-refractivity contribution in [1.29, 1.82) is 5.26 Å². The summed E-state index contributed by atoms with van der Waals surface area (Å²) in [5, 5.41) is 13.0. The lowest BCUT2D eigenvalue weighted by Crippen LogP contribution is -2.39. The van der Waals surface area contributed by atoms with Crippen molar-refractivity contribution in [3.8, 4) is 11.1 Å². The number of aromatic nitrogens is 2. The molecule has 0 saturated heterocycles. The van der Waals surface area contributed by atoms with Crippen LogP contribution in [0.15, 0.2) is 44.6 Å². The topological polar surface area (TPSA) is 89.4 Å². The van der Waals surface area contributed by atoms with E-state index in [4.69, 9.17) is 9.73 Å². The summed E-state index contributed by atoms with van der Waals surface area (Å²) in [5.41, 5.74) is 5.89. The number of hydrogen-bond donors (Lipinski definition) is 0. The highest BCUT2D eigenvalue weighted by molar-refractivity contribution is 7.15. The molecule has 1 aliphatic carbocycles. The Labute approximate surface area is 256 Å². The maximum atomic E-state index is 14.1. The molecule has 2 aliphatic rings. The van der Waals surface area contributed by atoms with Gasteiger partial charge in [0.25, 0.3) is 5.56 Å². The summed E-state index contributed by atoms with van der Waals surface area (Å²) in [6, 6.07) is 7.89. The van der Waals surface area contributed by atoms with E-state index in [-0.39, 0.29) is 12.2 Å². The maximum absolute atomic E-state index is 14.1. The molecule has 4 aromatic rings. The van der Waals surface area contributed by atoms with Crippen LogP contribution in [0, 0.1) is 25.2 Å². The van der Waals surface area contributed by atoms with Crippen LogP contribution in [0.5, 0.6) is 0 Å². The van der Waals surface area contributed by atoms with Gasteiger partial charge in [0.15, 0.2) is 4.80 Å². The van der Waals surface area contributed by atoms with Gasteiger partial charge in [-0.1, -0.05) is 30.7 Å². The predicted octanol–water partition coefficient (Wildman–Crippen LogP) is 5.86. The number of hydrogen-bond acceptors (Lipinski definition) is 8. The molecule has 0 amide bonds. The fraction of sp³-hybridized carbons (Fsp3) is 0.375. The van der Waals surface area contributed by atoms with Crippen LogP contribution in [0.25, 0.3) is 11.1 Å².